The van der Waals surface area contributed by atoms with Gasteiger partial charge in [-0.1, -0.05) is 17.3 Å². The van der Waals surface area contributed by atoms with Gasteiger partial charge in [-0.15, -0.1) is 0 Å². The molecule has 3 aromatic rings. The maximum atomic E-state index is 4.88. The largest absolute Gasteiger partial charge is 0.348 e. The van der Waals surface area contributed by atoms with Crippen LogP contribution in [-0.2, 0) is 6.54 Å². The van der Waals surface area contributed by atoms with Crippen LogP contribution in [0.4, 0.5) is 5.95 Å². The Bertz CT molecular complexity index is 609. The van der Waals surface area contributed by atoms with E-state index < -0.39 is 0 Å². The second kappa shape index (κ2) is 3.89. The highest BCUT2D eigenvalue weighted by molar-refractivity contribution is 5.77. The van der Waals surface area contributed by atoms with E-state index in [9.17, 15) is 0 Å². The van der Waals surface area contributed by atoms with Crippen LogP contribution in [-0.4, -0.2) is 20.1 Å². The number of nitrogens with zero attached hydrogens (tertiary/aromatic N) is 3. The molecule has 0 radical (unpaired) electrons. The third kappa shape index (κ3) is 1.96. The predicted molar refractivity (Wildman–Crippen MR) is 62.5 cm³/mol. The van der Waals surface area contributed by atoms with Crippen LogP contribution in [0, 0.1) is 6.92 Å². The Morgan fingerprint density at radius 2 is 2.18 bits per heavy atom. The van der Waals surface area contributed by atoms with Gasteiger partial charge in [0, 0.05) is 6.92 Å². The molecule has 1 aromatic carbocycles. The van der Waals surface area contributed by atoms with Crippen LogP contribution in [0.15, 0.2) is 28.8 Å². The highest BCUT2D eigenvalue weighted by atomic mass is 16.5. The molecule has 17 heavy (non-hydrogen) atoms. The zero-order valence-corrected chi connectivity index (χ0v) is 9.27. The molecule has 0 aliphatic carbocycles. The molecule has 2 N–H and O–H groups in total. The van der Waals surface area contributed by atoms with Gasteiger partial charge in [0.2, 0.25) is 11.8 Å². The minimum atomic E-state index is 0.483. The van der Waals surface area contributed by atoms with Gasteiger partial charge >= 0.3 is 0 Å². The molecule has 0 aliphatic heterocycles. The summed E-state index contributed by atoms with van der Waals surface area (Å²) in [4.78, 5) is 11.6. The number of hydrogen-bond acceptors (Lipinski definition) is 5. The van der Waals surface area contributed by atoms with Crippen LogP contribution < -0.4 is 5.32 Å². The van der Waals surface area contributed by atoms with Crippen LogP contribution in [0.2, 0.25) is 0 Å². The second-order valence-electron chi connectivity index (χ2n) is 3.69. The van der Waals surface area contributed by atoms with Gasteiger partial charge in [0.15, 0.2) is 5.82 Å². The first-order valence-electron chi connectivity index (χ1n) is 5.29. The van der Waals surface area contributed by atoms with E-state index in [0.717, 1.165) is 11.0 Å². The van der Waals surface area contributed by atoms with Gasteiger partial charge in [0.05, 0.1) is 17.6 Å². The number of imidazole rings is 1. The summed E-state index contributed by atoms with van der Waals surface area (Å²) in [5.74, 6) is 1.88. The van der Waals surface area contributed by atoms with Gasteiger partial charge in [-0.3, -0.25) is 0 Å². The van der Waals surface area contributed by atoms with E-state index in [1.54, 1.807) is 6.92 Å². The Balaban J connectivity index is 1.76. The average Bonchev–Trinajstić information content (AvgIpc) is 2.91. The van der Waals surface area contributed by atoms with Crippen molar-refractivity contribution in [3.05, 3.63) is 36.0 Å². The normalized spacial score (nSPS) is 10.9. The van der Waals surface area contributed by atoms with Gasteiger partial charge in [-0.05, 0) is 12.1 Å². The van der Waals surface area contributed by atoms with Crippen LogP contribution in [0.25, 0.3) is 11.0 Å². The highest BCUT2D eigenvalue weighted by Gasteiger charge is 2.04. The third-order valence-corrected chi connectivity index (χ3v) is 2.37. The van der Waals surface area contributed by atoms with Gasteiger partial charge < -0.3 is 14.8 Å². The highest BCUT2D eigenvalue weighted by Crippen LogP contribution is 2.13. The fourth-order valence-corrected chi connectivity index (χ4v) is 1.61. The maximum Gasteiger partial charge on any atom is 0.223 e. The molecular formula is C11H11N5O. The Hall–Kier alpha value is -2.37. The monoisotopic (exact) mass is 229 g/mol. The number of anilines is 1. The molecule has 0 fully saturated rings. The van der Waals surface area contributed by atoms with Gasteiger partial charge in [-0.2, -0.15) is 4.98 Å². The topological polar surface area (TPSA) is 79.6 Å². The molecule has 0 spiro atoms. The summed E-state index contributed by atoms with van der Waals surface area (Å²) in [6, 6.07) is 7.85. The number of rotatable bonds is 3. The molecule has 6 nitrogen and oxygen atoms in total. The molecule has 2 aromatic heterocycles. The fourth-order valence-electron chi connectivity index (χ4n) is 1.61. The zero-order valence-electron chi connectivity index (χ0n) is 9.27. The number of hydrogen-bond donors (Lipinski definition) is 2. The number of fused-ring (bicyclic) bond motifs is 1. The van der Waals surface area contributed by atoms with E-state index in [1.807, 2.05) is 24.3 Å². The van der Waals surface area contributed by atoms with Crippen molar-refractivity contribution in [3.63, 3.8) is 0 Å². The van der Waals surface area contributed by atoms with Crippen LogP contribution in [0.5, 0.6) is 0 Å². The summed E-state index contributed by atoms with van der Waals surface area (Å²) < 4.78 is 4.88. The summed E-state index contributed by atoms with van der Waals surface area (Å²) in [7, 11) is 0. The van der Waals surface area contributed by atoms with Crippen molar-refractivity contribution in [1.82, 2.24) is 20.1 Å². The van der Waals surface area contributed by atoms with Crippen molar-refractivity contribution < 1.29 is 4.52 Å². The van der Waals surface area contributed by atoms with E-state index in [4.69, 9.17) is 4.52 Å². The van der Waals surface area contributed by atoms with Crippen molar-refractivity contribution >= 4 is 17.0 Å². The molecule has 3 rings (SSSR count). The van der Waals surface area contributed by atoms with E-state index in [0.29, 0.717) is 24.2 Å². The van der Waals surface area contributed by atoms with E-state index in [1.165, 1.54) is 0 Å². The summed E-state index contributed by atoms with van der Waals surface area (Å²) in [5, 5.41) is 6.91. The number of aromatic amines is 1. The predicted octanol–water partition coefficient (Wildman–Crippen LogP) is 1.87. The quantitative estimate of drug-likeness (QED) is 0.716. The smallest absolute Gasteiger partial charge is 0.223 e. The van der Waals surface area contributed by atoms with Crippen molar-refractivity contribution in [2.45, 2.75) is 13.5 Å². The first-order chi connectivity index (χ1) is 8.31. The van der Waals surface area contributed by atoms with Gasteiger partial charge in [-0.25, -0.2) is 4.98 Å². The van der Waals surface area contributed by atoms with E-state index in [-0.39, 0.29) is 0 Å². The summed E-state index contributed by atoms with van der Waals surface area (Å²) in [6.45, 7) is 2.24. The molecule has 0 saturated heterocycles. The minimum absolute atomic E-state index is 0.483. The lowest BCUT2D eigenvalue weighted by Crippen LogP contribution is -2.02. The molecule has 0 atom stereocenters. The van der Waals surface area contributed by atoms with E-state index in [2.05, 4.69) is 25.4 Å². The molecule has 2 heterocycles. The molecule has 6 heteroatoms. The molecule has 0 saturated carbocycles. The molecule has 0 aliphatic rings. The van der Waals surface area contributed by atoms with Crippen LogP contribution in [0.3, 0.4) is 0 Å². The Morgan fingerprint density at radius 3 is 2.94 bits per heavy atom. The standard InChI is InChI=1S/C11H11N5O/c1-7-13-10(16-17-7)6-12-11-14-8-4-2-3-5-9(8)15-11/h2-5H,6H2,1H3,(H2,12,14,15). The second-order valence-corrected chi connectivity index (χ2v) is 3.69. The van der Waals surface area contributed by atoms with Crippen molar-refractivity contribution in [2.24, 2.45) is 0 Å². The molecule has 0 amide bonds. The fraction of sp³-hybridized carbons (Fsp3) is 0.182. The molecule has 0 unspecified atom stereocenters. The summed E-state index contributed by atoms with van der Waals surface area (Å²) >= 11 is 0. The first kappa shape index (κ1) is 9.83. The molecule has 0 bridgehead atoms. The van der Waals surface area contributed by atoms with Crippen molar-refractivity contribution in [3.8, 4) is 0 Å². The maximum absolute atomic E-state index is 4.88. The minimum Gasteiger partial charge on any atom is -0.348 e. The lowest BCUT2D eigenvalue weighted by atomic mass is 10.3. The third-order valence-electron chi connectivity index (χ3n) is 2.37. The van der Waals surface area contributed by atoms with Gasteiger partial charge in [0.1, 0.15) is 0 Å². The SMILES string of the molecule is Cc1nc(CNc2nc3ccccc3[nH]2)no1. The number of nitrogens with one attached hydrogen (secondary N) is 2. The summed E-state index contributed by atoms with van der Waals surface area (Å²) in [6.07, 6.45) is 0. The Kier molecular flexibility index (Phi) is 2.25. The number of para-hydroxylation sites is 2. The van der Waals surface area contributed by atoms with Gasteiger partial charge in [0.25, 0.3) is 0 Å². The number of H-pyrrole nitrogens is 1. The molecular weight excluding hydrogens is 218 g/mol. The Labute approximate surface area is 97.1 Å². The van der Waals surface area contributed by atoms with Crippen LogP contribution >= 0.6 is 0 Å². The lowest BCUT2D eigenvalue weighted by molar-refractivity contribution is 0.388. The first-order valence-corrected chi connectivity index (χ1v) is 5.29. The Morgan fingerprint density at radius 1 is 1.29 bits per heavy atom. The van der Waals surface area contributed by atoms with Crippen molar-refractivity contribution in [2.75, 3.05) is 5.32 Å². The number of benzene rings is 1. The van der Waals surface area contributed by atoms with Crippen molar-refractivity contribution in [1.29, 1.82) is 0 Å². The lowest BCUT2D eigenvalue weighted by Gasteiger charge is -1.96. The zero-order chi connectivity index (χ0) is 11.7. The van der Waals surface area contributed by atoms with Crippen LogP contribution in [0.1, 0.15) is 11.7 Å². The number of aromatic nitrogens is 4. The number of aryl methyl sites for hydroxylation is 1. The average molecular weight is 229 g/mol. The molecule has 86 valence electrons. The summed E-state index contributed by atoms with van der Waals surface area (Å²) in [5.41, 5.74) is 1.93. The van der Waals surface area contributed by atoms with E-state index >= 15 is 0 Å².